The van der Waals surface area contributed by atoms with Gasteiger partial charge in [-0.1, -0.05) is 42.5 Å². The van der Waals surface area contributed by atoms with Gasteiger partial charge in [0.15, 0.2) is 0 Å². The van der Waals surface area contributed by atoms with Gasteiger partial charge >= 0.3 is 6.09 Å². The van der Waals surface area contributed by atoms with Crippen molar-refractivity contribution in [3.8, 4) is 5.95 Å². The second-order valence-corrected chi connectivity index (χ2v) is 5.47. The molecule has 0 atom stereocenters. The van der Waals surface area contributed by atoms with E-state index in [0.717, 1.165) is 11.1 Å². The van der Waals surface area contributed by atoms with Crippen LogP contribution in [-0.2, 0) is 11.3 Å². The third-order valence-electron chi connectivity index (χ3n) is 3.50. The molecule has 0 bridgehead atoms. The summed E-state index contributed by atoms with van der Waals surface area (Å²) in [5, 5.41) is 2.71. The lowest BCUT2D eigenvalue weighted by Crippen LogP contribution is -2.24. The van der Waals surface area contributed by atoms with Crippen LogP contribution < -0.4 is 5.32 Å². The number of imidazole rings is 1. The first kappa shape index (κ1) is 17.3. The molecule has 0 aliphatic carbocycles. The fraction of sp³-hybridized carbons (Fsp3) is 0.158. The molecule has 7 nitrogen and oxygen atoms in total. The molecular weight excluding hydrogens is 330 g/mol. The molecule has 3 rings (SSSR count). The summed E-state index contributed by atoms with van der Waals surface area (Å²) < 4.78 is 6.87. The fourth-order valence-electron chi connectivity index (χ4n) is 2.18. The predicted molar refractivity (Wildman–Crippen MR) is 97.4 cm³/mol. The normalized spacial score (nSPS) is 10.8. The van der Waals surface area contributed by atoms with Gasteiger partial charge in [0.05, 0.1) is 0 Å². The van der Waals surface area contributed by atoms with Crippen LogP contribution in [-0.4, -0.2) is 32.2 Å². The molecule has 1 N–H and O–H groups in total. The van der Waals surface area contributed by atoms with Crippen molar-refractivity contribution in [2.24, 2.45) is 0 Å². The van der Waals surface area contributed by atoms with E-state index in [1.54, 1.807) is 35.7 Å². The molecule has 3 aromatic rings. The zero-order chi connectivity index (χ0) is 18.0. The van der Waals surface area contributed by atoms with Crippen LogP contribution in [0, 0.1) is 0 Å². The molecule has 0 fully saturated rings. The standard InChI is InChI=1S/C19H19N5O2/c25-19(26-14-16-6-2-1-3-7-16)21-9-5-4-8-17-12-22-18(23-13-17)24-11-10-20-15-24/h1-4,6-8,10-13,15H,5,9,14H2,(H,21,25). The van der Waals surface area contributed by atoms with Crippen molar-refractivity contribution < 1.29 is 9.53 Å². The van der Waals surface area contributed by atoms with Crippen LogP contribution >= 0.6 is 0 Å². The number of ether oxygens (including phenoxy) is 1. The van der Waals surface area contributed by atoms with Crippen molar-refractivity contribution in [2.75, 3.05) is 6.54 Å². The highest BCUT2D eigenvalue weighted by Gasteiger charge is 2.01. The first-order valence-corrected chi connectivity index (χ1v) is 8.23. The SMILES string of the molecule is O=C(NCCC=Cc1cnc(-n2ccnc2)nc1)OCc1ccccc1. The number of hydrogen-bond donors (Lipinski definition) is 1. The van der Waals surface area contributed by atoms with Crippen LogP contribution in [0.15, 0.2) is 67.5 Å². The molecule has 2 aromatic heterocycles. The van der Waals surface area contributed by atoms with Crippen molar-refractivity contribution in [3.05, 3.63) is 78.6 Å². The minimum atomic E-state index is -0.421. The molecule has 0 aliphatic heterocycles. The number of nitrogens with zero attached hydrogens (tertiary/aromatic N) is 4. The summed E-state index contributed by atoms with van der Waals surface area (Å²) >= 11 is 0. The lowest BCUT2D eigenvalue weighted by atomic mass is 10.2. The smallest absolute Gasteiger partial charge is 0.407 e. The lowest BCUT2D eigenvalue weighted by Gasteiger charge is -2.05. The van der Waals surface area contributed by atoms with E-state index in [0.29, 0.717) is 18.9 Å². The predicted octanol–water partition coefficient (Wildman–Crippen LogP) is 2.99. The van der Waals surface area contributed by atoms with E-state index >= 15 is 0 Å². The number of aromatic nitrogens is 4. The fourth-order valence-corrected chi connectivity index (χ4v) is 2.18. The molecule has 0 saturated heterocycles. The topological polar surface area (TPSA) is 81.9 Å². The largest absolute Gasteiger partial charge is 0.445 e. The van der Waals surface area contributed by atoms with Crippen LogP contribution in [0.25, 0.3) is 12.0 Å². The van der Waals surface area contributed by atoms with Gasteiger partial charge in [-0.2, -0.15) is 0 Å². The Balaban J connectivity index is 1.36. The molecular formula is C19H19N5O2. The molecule has 1 aromatic carbocycles. The minimum Gasteiger partial charge on any atom is -0.445 e. The first-order chi connectivity index (χ1) is 12.8. The van der Waals surface area contributed by atoms with Gasteiger partial charge in [-0.05, 0) is 12.0 Å². The molecule has 26 heavy (non-hydrogen) atoms. The van der Waals surface area contributed by atoms with Gasteiger partial charge in [-0.3, -0.25) is 4.57 Å². The summed E-state index contributed by atoms with van der Waals surface area (Å²) in [7, 11) is 0. The molecule has 0 radical (unpaired) electrons. The summed E-state index contributed by atoms with van der Waals surface area (Å²) in [6.07, 6.45) is 12.7. The van der Waals surface area contributed by atoms with E-state index in [2.05, 4.69) is 20.3 Å². The molecule has 0 saturated carbocycles. The third-order valence-corrected chi connectivity index (χ3v) is 3.50. The Morgan fingerprint density at radius 1 is 1.19 bits per heavy atom. The summed E-state index contributed by atoms with van der Waals surface area (Å²) in [5.41, 5.74) is 1.85. The van der Waals surface area contributed by atoms with Crippen molar-refractivity contribution in [1.29, 1.82) is 0 Å². The summed E-state index contributed by atoms with van der Waals surface area (Å²) in [6, 6.07) is 9.57. The Morgan fingerprint density at radius 2 is 2.00 bits per heavy atom. The summed E-state index contributed by atoms with van der Waals surface area (Å²) in [4.78, 5) is 24.1. The van der Waals surface area contributed by atoms with Crippen LogP contribution in [0.1, 0.15) is 17.5 Å². The number of alkyl carbamates (subject to hydrolysis) is 1. The first-order valence-electron chi connectivity index (χ1n) is 8.23. The van der Waals surface area contributed by atoms with Crippen LogP contribution in [0.4, 0.5) is 4.79 Å². The van der Waals surface area contributed by atoms with E-state index in [1.807, 2.05) is 42.5 Å². The molecule has 0 unspecified atom stereocenters. The van der Waals surface area contributed by atoms with E-state index in [1.165, 1.54) is 0 Å². The Hall–Kier alpha value is -3.48. The van der Waals surface area contributed by atoms with Crippen molar-refractivity contribution >= 4 is 12.2 Å². The number of carbonyl (C=O) groups excluding carboxylic acids is 1. The second kappa shape index (κ2) is 9.12. The number of carbonyl (C=O) groups is 1. The molecule has 2 heterocycles. The van der Waals surface area contributed by atoms with Gasteiger partial charge in [0.25, 0.3) is 0 Å². The van der Waals surface area contributed by atoms with Crippen molar-refractivity contribution in [3.63, 3.8) is 0 Å². The van der Waals surface area contributed by atoms with E-state index in [9.17, 15) is 4.79 Å². The maximum absolute atomic E-state index is 11.6. The van der Waals surface area contributed by atoms with E-state index < -0.39 is 6.09 Å². The van der Waals surface area contributed by atoms with Gasteiger partial charge in [0.2, 0.25) is 5.95 Å². The number of nitrogens with one attached hydrogen (secondary N) is 1. The molecule has 132 valence electrons. The summed E-state index contributed by atoms with van der Waals surface area (Å²) in [6.45, 7) is 0.765. The number of hydrogen-bond acceptors (Lipinski definition) is 5. The van der Waals surface area contributed by atoms with Gasteiger partial charge in [0.1, 0.15) is 12.9 Å². The second-order valence-electron chi connectivity index (χ2n) is 5.47. The Morgan fingerprint density at radius 3 is 2.73 bits per heavy atom. The zero-order valence-corrected chi connectivity index (χ0v) is 14.2. The van der Waals surface area contributed by atoms with Gasteiger partial charge < -0.3 is 10.1 Å². The highest BCUT2D eigenvalue weighted by Crippen LogP contribution is 2.04. The maximum Gasteiger partial charge on any atom is 0.407 e. The van der Waals surface area contributed by atoms with Gasteiger partial charge in [-0.25, -0.2) is 19.7 Å². The molecule has 0 spiro atoms. The highest BCUT2D eigenvalue weighted by molar-refractivity contribution is 5.67. The average Bonchev–Trinajstić information content (AvgIpc) is 3.22. The Labute approximate surface area is 151 Å². The van der Waals surface area contributed by atoms with Crippen LogP contribution in [0.3, 0.4) is 0 Å². The minimum absolute atomic E-state index is 0.267. The molecule has 0 aliphatic rings. The quantitative estimate of drug-likeness (QED) is 0.663. The Kier molecular flexibility index (Phi) is 6.09. The Bertz CT molecular complexity index is 830. The van der Waals surface area contributed by atoms with Crippen molar-refractivity contribution in [2.45, 2.75) is 13.0 Å². The number of rotatable bonds is 7. The van der Waals surface area contributed by atoms with Crippen molar-refractivity contribution in [1.82, 2.24) is 24.8 Å². The van der Waals surface area contributed by atoms with E-state index in [-0.39, 0.29) is 6.61 Å². The molecule has 1 amide bonds. The lowest BCUT2D eigenvalue weighted by molar-refractivity contribution is 0.140. The monoisotopic (exact) mass is 349 g/mol. The van der Waals surface area contributed by atoms with Crippen LogP contribution in [0.2, 0.25) is 0 Å². The maximum atomic E-state index is 11.6. The van der Waals surface area contributed by atoms with Crippen LogP contribution in [0.5, 0.6) is 0 Å². The third kappa shape index (κ3) is 5.27. The zero-order valence-electron chi connectivity index (χ0n) is 14.2. The average molecular weight is 349 g/mol. The summed E-state index contributed by atoms with van der Waals surface area (Å²) in [5.74, 6) is 0.572. The van der Waals surface area contributed by atoms with Gasteiger partial charge in [-0.15, -0.1) is 0 Å². The number of benzene rings is 1. The van der Waals surface area contributed by atoms with E-state index in [4.69, 9.17) is 4.74 Å². The molecule has 7 heteroatoms. The number of amides is 1. The highest BCUT2D eigenvalue weighted by atomic mass is 16.5. The van der Waals surface area contributed by atoms with Gasteiger partial charge in [0, 0.05) is 36.9 Å².